The smallest absolute Gasteiger partial charge is 0.290 e. The molecule has 1 amide bonds. The molecule has 7 heteroatoms. The summed E-state index contributed by atoms with van der Waals surface area (Å²) in [6, 6.07) is 9.60. The standard InChI is InChI=1S/C21H24N4O3/c1-14-7-9-16(10-8-14)17-13-18(28-24-17)19(26)23-21(11-5-3-4-6-12-21)20-22-15(2)27-25-20/h7-10,13H,3-6,11-12H2,1-2H3,(H,23,26). The van der Waals surface area contributed by atoms with Gasteiger partial charge in [-0.1, -0.05) is 65.8 Å². The van der Waals surface area contributed by atoms with Gasteiger partial charge in [0.05, 0.1) is 0 Å². The van der Waals surface area contributed by atoms with Crippen LogP contribution in [0.1, 0.15) is 66.4 Å². The second-order valence-corrected chi connectivity index (χ2v) is 7.53. The molecule has 0 spiro atoms. The topological polar surface area (TPSA) is 94.1 Å². The van der Waals surface area contributed by atoms with Crippen molar-refractivity contribution in [2.45, 2.75) is 57.9 Å². The van der Waals surface area contributed by atoms with Crippen LogP contribution in [-0.2, 0) is 5.54 Å². The Kier molecular flexibility index (Phi) is 4.98. The van der Waals surface area contributed by atoms with E-state index in [1.165, 1.54) is 0 Å². The Balaban J connectivity index is 1.59. The third-order valence-electron chi connectivity index (χ3n) is 5.35. The highest BCUT2D eigenvalue weighted by Crippen LogP contribution is 2.35. The minimum absolute atomic E-state index is 0.180. The van der Waals surface area contributed by atoms with Crippen LogP contribution < -0.4 is 5.32 Å². The Hall–Kier alpha value is -2.96. The quantitative estimate of drug-likeness (QED) is 0.678. The van der Waals surface area contributed by atoms with Crippen molar-refractivity contribution in [1.29, 1.82) is 0 Å². The van der Waals surface area contributed by atoms with Gasteiger partial charge in [-0.15, -0.1) is 0 Å². The lowest BCUT2D eigenvalue weighted by Crippen LogP contribution is -2.46. The van der Waals surface area contributed by atoms with Crippen molar-refractivity contribution in [3.8, 4) is 11.3 Å². The average molecular weight is 380 g/mol. The van der Waals surface area contributed by atoms with Crippen molar-refractivity contribution in [2.24, 2.45) is 0 Å². The number of aromatic nitrogens is 3. The maximum absolute atomic E-state index is 13.0. The highest BCUT2D eigenvalue weighted by Gasteiger charge is 2.39. The van der Waals surface area contributed by atoms with Crippen LogP contribution in [0.3, 0.4) is 0 Å². The van der Waals surface area contributed by atoms with E-state index >= 15 is 0 Å². The summed E-state index contributed by atoms with van der Waals surface area (Å²) in [6.07, 6.45) is 5.81. The molecule has 0 unspecified atom stereocenters. The SMILES string of the molecule is Cc1ccc(-c2cc(C(=O)NC3(c4noc(C)n4)CCCCCC3)on2)cc1. The van der Waals surface area contributed by atoms with Crippen LogP contribution >= 0.6 is 0 Å². The van der Waals surface area contributed by atoms with Gasteiger partial charge >= 0.3 is 0 Å². The molecule has 1 saturated carbocycles. The Morgan fingerprint density at radius 1 is 1.00 bits per heavy atom. The number of amides is 1. The molecule has 3 aromatic rings. The summed E-state index contributed by atoms with van der Waals surface area (Å²) in [5.41, 5.74) is 2.07. The van der Waals surface area contributed by atoms with Crippen molar-refractivity contribution in [3.63, 3.8) is 0 Å². The van der Waals surface area contributed by atoms with Crippen LogP contribution in [0.4, 0.5) is 0 Å². The summed E-state index contributed by atoms with van der Waals surface area (Å²) < 4.78 is 10.5. The first-order valence-corrected chi connectivity index (χ1v) is 9.73. The van der Waals surface area contributed by atoms with E-state index in [1.54, 1.807) is 13.0 Å². The van der Waals surface area contributed by atoms with E-state index in [1.807, 2.05) is 31.2 Å². The average Bonchev–Trinajstić information content (AvgIpc) is 3.29. The van der Waals surface area contributed by atoms with E-state index in [9.17, 15) is 4.79 Å². The summed E-state index contributed by atoms with van der Waals surface area (Å²) in [6.45, 7) is 3.78. The summed E-state index contributed by atoms with van der Waals surface area (Å²) >= 11 is 0. The highest BCUT2D eigenvalue weighted by atomic mass is 16.5. The number of carbonyl (C=O) groups is 1. The van der Waals surface area contributed by atoms with E-state index in [0.717, 1.165) is 49.7 Å². The Morgan fingerprint density at radius 2 is 1.71 bits per heavy atom. The van der Waals surface area contributed by atoms with Gasteiger partial charge in [-0.25, -0.2) is 0 Å². The third-order valence-corrected chi connectivity index (χ3v) is 5.35. The number of hydrogen-bond acceptors (Lipinski definition) is 6. The predicted molar refractivity (Wildman–Crippen MR) is 103 cm³/mol. The fraction of sp³-hybridized carbons (Fsp3) is 0.429. The van der Waals surface area contributed by atoms with Crippen LogP contribution in [0.2, 0.25) is 0 Å². The fourth-order valence-electron chi connectivity index (χ4n) is 3.75. The Bertz CT molecular complexity index is 950. The summed E-state index contributed by atoms with van der Waals surface area (Å²) in [4.78, 5) is 17.4. The summed E-state index contributed by atoms with van der Waals surface area (Å²) in [5, 5.41) is 11.3. The Morgan fingerprint density at radius 3 is 2.36 bits per heavy atom. The van der Waals surface area contributed by atoms with Crippen molar-refractivity contribution in [2.75, 3.05) is 0 Å². The first-order chi connectivity index (χ1) is 13.6. The molecule has 2 heterocycles. The van der Waals surface area contributed by atoms with E-state index in [2.05, 4.69) is 20.6 Å². The summed E-state index contributed by atoms with van der Waals surface area (Å²) in [5.74, 6) is 0.905. The molecule has 0 atom stereocenters. The van der Waals surface area contributed by atoms with Gasteiger partial charge in [-0.2, -0.15) is 4.98 Å². The number of nitrogens with one attached hydrogen (secondary N) is 1. The number of hydrogen-bond donors (Lipinski definition) is 1. The van der Waals surface area contributed by atoms with Crippen molar-refractivity contribution >= 4 is 5.91 Å². The Labute approximate surface area is 163 Å². The van der Waals surface area contributed by atoms with E-state index in [0.29, 0.717) is 17.4 Å². The first kappa shape index (κ1) is 18.4. The molecule has 4 rings (SSSR count). The molecular formula is C21H24N4O3. The lowest BCUT2D eigenvalue weighted by Gasteiger charge is -2.30. The van der Waals surface area contributed by atoms with Crippen LogP contribution in [0, 0.1) is 13.8 Å². The maximum Gasteiger partial charge on any atom is 0.290 e. The number of nitrogens with zero attached hydrogens (tertiary/aromatic N) is 3. The lowest BCUT2D eigenvalue weighted by atomic mass is 9.89. The van der Waals surface area contributed by atoms with Crippen LogP contribution in [0.25, 0.3) is 11.3 Å². The van der Waals surface area contributed by atoms with Crippen molar-refractivity contribution in [1.82, 2.24) is 20.6 Å². The predicted octanol–water partition coefficient (Wildman–Crippen LogP) is 4.32. The molecule has 1 N–H and O–H groups in total. The molecule has 0 aliphatic heterocycles. The van der Waals surface area contributed by atoms with E-state index in [4.69, 9.17) is 9.05 Å². The van der Waals surface area contributed by atoms with E-state index < -0.39 is 5.54 Å². The van der Waals surface area contributed by atoms with Crippen LogP contribution in [-0.4, -0.2) is 21.2 Å². The van der Waals surface area contributed by atoms with Gasteiger partial charge in [0.1, 0.15) is 11.2 Å². The largest absolute Gasteiger partial charge is 0.350 e. The first-order valence-electron chi connectivity index (χ1n) is 9.73. The minimum Gasteiger partial charge on any atom is -0.350 e. The minimum atomic E-state index is -0.637. The molecule has 2 aromatic heterocycles. The monoisotopic (exact) mass is 380 g/mol. The molecular weight excluding hydrogens is 356 g/mol. The van der Waals surface area contributed by atoms with Gasteiger partial charge in [0.25, 0.3) is 5.91 Å². The third kappa shape index (κ3) is 3.69. The van der Waals surface area contributed by atoms with Crippen molar-refractivity contribution < 1.29 is 13.8 Å². The van der Waals surface area contributed by atoms with Gasteiger partial charge in [-0.05, 0) is 19.8 Å². The second-order valence-electron chi connectivity index (χ2n) is 7.53. The number of aryl methyl sites for hydroxylation is 2. The zero-order valence-electron chi connectivity index (χ0n) is 16.2. The zero-order chi connectivity index (χ0) is 19.6. The molecule has 0 radical (unpaired) electrons. The molecule has 28 heavy (non-hydrogen) atoms. The van der Waals surface area contributed by atoms with Crippen molar-refractivity contribution in [3.05, 3.63) is 53.4 Å². The molecule has 146 valence electrons. The molecule has 1 fully saturated rings. The van der Waals surface area contributed by atoms with Crippen LogP contribution in [0.5, 0.6) is 0 Å². The van der Waals surface area contributed by atoms with Gasteiger partial charge in [0.15, 0.2) is 5.82 Å². The van der Waals surface area contributed by atoms with Gasteiger partial charge in [0, 0.05) is 18.6 Å². The molecule has 0 saturated heterocycles. The number of rotatable bonds is 4. The molecule has 7 nitrogen and oxygen atoms in total. The fourth-order valence-corrected chi connectivity index (χ4v) is 3.75. The molecule has 1 aromatic carbocycles. The molecule has 1 aliphatic carbocycles. The zero-order valence-corrected chi connectivity index (χ0v) is 16.2. The van der Waals surface area contributed by atoms with Crippen LogP contribution in [0.15, 0.2) is 39.4 Å². The number of carbonyl (C=O) groups excluding carboxylic acids is 1. The summed E-state index contributed by atoms with van der Waals surface area (Å²) in [7, 11) is 0. The maximum atomic E-state index is 13.0. The molecule has 1 aliphatic rings. The van der Waals surface area contributed by atoms with E-state index in [-0.39, 0.29) is 11.7 Å². The van der Waals surface area contributed by atoms with Gasteiger partial charge < -0.3 is 14.4 Å². The lowest BCUT2D eigenvalue weighted by molar-refractivity contribution is 0.0838. The highest BCUT2D eigenvalue weighted by molar-refractivity contribution is 5.93. The molecule has 0 bridgehead atoms. The normalized spacial score (nSPS) is 16.5. The van der Waals surface area contributed by atoms with Gasteiger partial charge in [0.2, 0.25) is 11.7 Å². The van der Waals surface area contributed by atoms with Gasteiger partial charge in [-0.3, -0.25) is 4.79 Å². The number of benzene rings is 1. The second kappa shape index (κ2) is 7.58.